The molecule has 0 bridgehead atoms. The van der Waals surface area contributed by atoms with Gasteiger partial charge in [-0.1, -0.05) is 30.3 Å². The third-order valence-corrected chi connectivity index (χ3v) is 5.34. The van der Waals surface area contributed by atoms with Crippen LogP contribution < -0.4 is 5.43 Å². The van der Waals surface area contributed by atoms with E-state index in [4.69, 9.17) is 0 Å². The molecule has 4 rings (SSSR count). The van der Waals surface area contributed by atoms with Crippen LogP contribution in [0, 0.1) is 17.0 Å². The number of amides is 1. The highest BCUT2D eigenvalue weighted by Crippen LogP contribution is 2.30. The molecule has 9 heteroatoms. The summed E-state index contributed by atoms with van der Waals surface area (Å²) in [6.45, 7) is 1.90. The van der Waals surface area contributed by atoms with Gasteiger partial charge in [0.2, 0.25) is 0 Å². The topological polar surface area (TPSA) is 102 Å². The molecule has 0 fully saturated rings. The average molecular weight is 405 g/mol. The van der Waals surface area contributed by atoms with Gasteiger partial charge in [0.25, 0.3) is 11.6 Å². The molecule has 1 amide bonds. The Balaban J connectivity index is 1.55. The van der Waals surface area contributed by atoms with Gasteiger partial charge < -0.3 is 0 Å². The number of benzene rings is 2. The molecule has 0 aliphatic rings. The van der Waals surface area contributed by atoms with Crippen LogP contribution in [0.1, 0.15) is 20.9 Å². The van der Waals surface area contributed by atoms with Gasteiger partial charge in [-0.05, 0) is 25.1 Å². The Morgan fingerprint density at radius 3 is 2.76 bits per heavy atom. The van der Waals surface area contributed by atoms with E-state index in [0.717, 1.165) is 21.6 Å². The van der Waals surface area contributed by atoms with Crippen molar-refractivity contribution in [2.45, 2.75) is 6.92 Å². The highest BCUT2D eigenvalue weighted by Gasteiger charge is 2.16. The number of nitro benzene ring substituents is 1. The van der Waals surface area contributed by atoms with Crippen LogP contribution in [-0.2, 0) is 0 Å². The lowest BCUT2D eigenvalue weighted by Gasteiger charge is -2.01. The molecule has 8 nitrogen and oxygen atoms in total. The first kappa shape index (κ1) is 18.5. The van der Waals surface area contributed by atoms with Crippen LogP contribution in [-0.4, -0.2) is 26.8 Å². The number of nitrogens with one attached hydrogen (secondary N) is 1. The first-order valence-electron chi connectivity index (χ1n) is 8.65. The van der Waals surface area contributed by atoms with Gasteiger partial charge in [0.1, 0.15) is 4.83 Å². The molecule has 29 heavy (non-hydrogen) atoms. The Morgan fingerprint density at radius 1 is 1.21 bits per heavy atom. The summed E-state index contributed by atoms with van der Waals surface area (Å²) < 4.78 is 1.82. The van der Waals surface area contributed by atoms with Gasteiger partial charge in [-0.15, -0.1) is 11.3 Å². The van der Waals surface area contributed by atoms with Gasteiger partial charge in [0.05, 0.1) is 27.4 Å². The third kappa shape index (κ3) is 3.76. The summed E-state index contributed by atoms with van der Waals surface area (Å²) in [4.78, 5) is 24.2. The second-order valence-electron chi connectivity index (χ2n) is 6.21. The zero-order valence-corrected chi connectivity index (χ0v) is 16.1. The Hall–Kier alpha value is -3.85. The number of para-hydroxylation sites is 1. The molecule has 2 aromatic carbocycles. The molecule has 0 aliphatic heterocycles. The molecule has 2 aromatic heterocycles. The summed E-state index contributed by atoms with van der Waals surface area (Å²) in [6, 6.07) is 17.5. The summed E-state index contributed by atoms with van der Waals surface area (Å²) >= 11 is 1.33. The molecular formula is C20H15N5O3S. The van der Waals surface area contributed by atoms with E-state index in [1.807, 2.05) is 41.9 Å². The number of hydrogen-bond donors (Lipinski definition) is 1. The Bertz CT molecular complexity index is 1240. The van der Waals surface area contributed by atoms with Crippen molar-refractivity contribution in [3.8, 4) is 5.69 Å². The molecule has 0 radical (unpaired) electrons. The van der Waals surface area contributed by atoms with Crippen LogP contribution in [0.5, 0.6) is 0 Å². The highest BCUT2D eigenvalue weighted by molar-refractivity contribution is 7.20. The maximum Gasteiger partial charge on any atom is 0.281 e. The minimum absolute atomic E-state index is 0.0364. The van der Waals surface area contributed by atoms with E-state index in [1.165, 1.54) is 29.7 Å². The predicted molar refractivity (Wildman–Crippen MR) is 112 cm³/mol. The Morgan fingerprint density at radius 2 is 2.00 bits per heavy atom. The maximum absolute atomic E-state index is 12.5. The van der Waals surface area contributed by atoms with Crippen molar-refractivity contribution in [3.05, 3.63) is 86.9 Å². The van der Waals surface area contributed by atoms with Gasteiger partial charge in [0.15, 0.2) is 0 Å². The number of nitro groups is 1. The molecule has 0 saturated carbocycles. The van der Waals surface area contributed by atoms with Crippen molar-refractivity contribution in [1.29, 1.82) is 0 Å². The monoisotopic (exact) mass is 405 g/mol. The number of nitrogens with zero attached hydrogens (tertiary/aromatic N) is 4. The van der Waals surface area contributed by atoms with Crippen LogP contribution in [0.4, 0.5) is 5.69 Å². The molecule has 144 valence electrons. The molecule has 1 N–H and O–H groups in total. The summed E-state index contributed by atoms with van der Waals surface area (Å²) in [5.41, 5.74) is 4.70. The van der Waals surface area contributed by atoms with Gasteiger partial charge >= 0.3 is 0 Å². The van der Waals surface area contributed by atoms with Crippen molar-refractivity contribution >= 4 is 39.4 Å². The number of carbonyl (C=O) groups is 1. The fourth-order valence-corrected chi connectivity index (χ4v) is 3.92. The lowest BCUT2D eigenvalue weighted by atomic mass is 10.2. The van der Waals surface area contributed by atoms with E-state index in [1.54, 1.807) is 18.2 Å². The van der Waals surface area contributed by atoms with Crippen molar-refractivity contribution in [2.75, 3.05) is 0 Å². The minimum Gasteiger partial charge on any atom is -0.266 e. The molecule has 0 spiro atoms. The van der Waals surface area contributed by atoms with Crippen molar-refractivity contribution in [2.24, 2.45) is 5.10 Å². The van der Waals surface area contributed by atoms with Crippen molar-refractivity contribution in [1.82, 2.24) is 15.2 Å². The second kappa shape index (κ2) is 7.64. The number of hydrogen-bond acceptors (Lipinski definition) is 6. The van der Waals surface area contributed by atoms with E-state index in [2.05, 4.69) is 15.6 Å². The summed E-state index contributed by atoms with van der Waals surface area (Å²) in [6.07, 6.45) is 1.37. The molecular weight excluding hydrogens is 390 g/mol. The molecule has 0 unspecified atom stereocenters. The van der Waals surface area contributed by atoms with E-state index >= 15 is 0 Å². The van der Waals surface area contributed by atoms with Crippen LogP contribution in [0.25, 0.3) is 15.9 Å². The van der Waals surface area contributed by atoms with E-state index in [9.17, 15) is 14.9 Å². The first-order chi connectivity index (χ1) is 14.0. The number of aryl methyl sites for hydroxylation is 1. The van der Waals surface area contributed by atoms with Crippen LogP contribution in [0.15, 0.2) is 65.8 Å². The van der Waals surface area contributed by atoms with Crippen LogP contribution in [0.2, 0.25) is 0 Å². The number of non-ortho nitro benzene ring substituents is 1. The van der Waals surface area contributed by atoms with E-state index in [0.29, 0.717) is 10.4 Å². The predicted octanol–water partition coefficient (Wildman–Crippen LogP) is 4.07. The molecule has 0 saturated heterocycles. The maximum atomic E-state index is 12.5. The lowest BCUT2D eigenvalue weighted by molar-refractivity contribution is -0.384. The van der Waals surface area contributed by atoms with Gasteiger partial charge in [0, 0.05) is 23.1 Å². The lowest BCUT2D eigenvalue weighted by Crippen LogP contribution is -2.16. The fourth-order valence-electron chi connectivity index (χ4n) is 2.84. The van der Waals surface area contributed by atoms with Gasteiger partial charge in [-0.3, -0.25) is 14.9 Å². The van der Waals surface area contributed by atoms with Crippen LogP contribution in [0.3, 0.4) is 0 Å². The zero-order valence-electron chi connectivity index (χ0n) is 15.3. The quantitative estimate of drug-likeness (QED) is 0.307. The SMILES string of the molecule is Cc1nn(-c2ccccc2)c2sc(C(=O)N/N=C\c3cccc([N+](=O)[O-])c3)cc12. The van der Waals surface area contributed by atoms with E-state index in [-0.39, 0.29) is 11.6 Å². The standard InChI is InChI=1S/C20H15N5O3S/c1-13-17-11-18(29-20(17)24(23-13)15-7-3-2-4-8-15)19(26)22-21-12-14-6-5-9-16(10-14)25(27)28/h2-12H,1H3,(H,22,26)/b21-12-. The second-order valence-corrected chi connectivity index (χ2v) is 7.24. The summed E-state index contributed by atoms with van der Waals surface area (Å²) in [7, 11) is 0. The summed E-state index contributed by atoms with van der Waals surface area (Å²) in [5, 5.41) is 20.2. The largest absolute Gasteiger partial charge is 0.281 e. The third-order valence-electron chi connectivity index (χ3n) is 4.23. The van der Waals surface area contributed by atoms with Crippen molar-refractivity contribution < 1.29 is 9.72 Å². The summed E-state index contributed by atoms with van der Waals surface area (Å²) in [5.74, 6) is -0.355. The number of rotatable bonds is 5. The highest BCUT2D eigenvalue weighted by atomic mass is 32.1. The molecule has 2 heterocycles. The first-order valence-corrected chi connectivity index (χ1v) is 9.47. The Labute approximate surface area is 169 Å². The fraction of sp³-hybridized carbons (Fsp3) is 0.0500. The number of aromatic nitrogens is 2. The number of hydrazone groups is 1. The van der Waals surface area contributed by atoms with Crippen molar-refractivity contribution in [3.63, 3.8) is 0 Å². The Kier molecular flexibility index (Phi) is 4.88. The zero-order chi connectivity index (χ0) is 20.4. The van der Waals surface area contributed by atoms with Gasteiger partial charge in [-0.2, -0.15) is 10.2 Å². The number of fused-ring (bicyclic) bond motifs is 1. The number of carbonyl (C=O) groups excluding carboxylic acids is 1. The van der Waals surface area contributed by atoms with Crippen LogP contribution >= 0.6 is 11.3 Å². The smallest absolute Gasteiger partial charge is 0.266 e. The minimum atomic E-state index is -0.481. The molecule has 4 aromatic rings. The van der Waals surface area contributed by atoms with E-state index < -0.39 is 4.92 Å². The van der Waals surface area contributed by atoms with Gasteiger partial charge in [-0.25, -0.2) is 10.1 Å². The molecule has 0 aliphatic carbocycles. The number of thiophene rings is 1. The molecule has 0 atom stereocenters. The average Bonchev–Trinajstić information content (AvgIpc) is 3.29. The normalized spacial score (nSPS) is 11.2.